The van der Waals surface area contributed by atoms with E-state index in [-0.39, 0.29) is 146 Å². The number of halogens is 1. The van der Waals surface area contributed by atoms with E-state index in [2.05, 4.69) is 26.6 Å². The Morgan fingerprint density at radius 2 is 0.456 bits per heavy atom. The molecule has 15 aromatic rings. The zero-order valence-corrected chi connectivity index (χ0v) is 82.1. The Labute approximate surface area is 852 Å². The summed E-state index contributed by atoms with van der Waals surface area (Å²) in [4.78, 5) is 139. The van der Waals surface area contributed by atoms with Crippen molar-refractivity contribution in [2.45, 2.75) is 51.7 Å². The first kappa shape index (κ1) is 104. The third kappa shape index (κ3) is 20.2. The maximum atomic E-state index is 13.3. The number of nitrogen functional groups attached to an aromatic ring is 6. The number of carbonyl (C=O) groups excluding carboxylic acids is 10. The molecule has 0 bridgehead atoms. The number of para-hydroxylation sites is 1. The fraction of sp³-hybridized carbons (Fsp3) is 0.0381. The quantitative estimate of drug-likeness (QED) is 0.0297. The van der Waals surface area contributed by atoms with Crippen LogP contribution < -0.4 is 61.0 Å². The molecule has 0 aromatic heterocycles. The molecule has 23 N–H and O–H groups in total. The van der Waals surface area contributed by atoms with E-state index in [4.69, 9.17) is 51.1 Å². The van der Waals surface area contributed by atoms with Gasteiger partial charge in [0, 0.05) is 94.8 Å². The van der Waals surface area contributed by atoms with Crippen LogP contribution in [-0.4, -0.2) is 134 Å². The molecule has 0 amide bonds. The van der Waals surface area contributed by atoms with Crippen molar-refractivity contribution in [1.29, 1.82) is 0 Å². The van der Waals surface area contributed by atoms with E-state index in [9.17, 15) is 118 Å². The number of aryl methyl sites for hydroxylation is 3. The Hall–Kier alpha value is -17.9. The van der Waals surface area contributed by atoms with Crippen LogP contribution in [0.1, 0.15) is 181 Å². The van der Waals surface area contributed by atoms with E-state index in [1.807, 2.05) is 32.9 Å². The van der Waals surface area contributed by atoms with E-state index in [0.717, 1.165) is 47.0 Å². The monoisotopic (exact) mass is 2120 g/mol. The number of anilines is 16. The van der Waals surface area contributed by atoms with Gasteiger partial charge in [-0.3, -0.25) is 75.5 Å². The summed E-state index contributed by atoms with van der Waals surface area (Å²) < 4.78 is 167. The molecule has 0 radical (unpaired) electrons. The van der Waals surface area contributed by atoms with Gasteiger partial charge in [-0.25, -0.2) is 0 Å². The molecule has 20 rings (SSSR count). The molecule has 0 fully saturated rings. The Kier molecular flexibility index (Phi) is 27.8. The van der Waals surface area contributed by atoms with Gasteiger partial charge in [-0.2, -0.15) is 42.1 Å². The molecule has 0 aliphatic heterocycles. The van der Waals surface area contributed by atoms with Gasteiger partial charge in [-0.1, -0.05) is 181 Å². The summed E-state index contributed by atoms with van der Waals surface area (Å²) in [7, 11) is -23.8. The van der Waals surface area contributed by atoms with Gasteiger partial charge in [-0.05, 0) is 141 Å². The van der Waals surface area contributed by atoms with Crippen molar-refractivity contribution in [3.05, 3.63) is 405 Å². The number of fused-ring (bicyclic) bond motifs is 10. The second-order valence-corrected chi connectivity index (χ2v) is 41.4. The molecule has 38 nitrogen and oxygen atoms in total. The van der Waals surface area contributed by atoms with Crippen LogP contribution in [0.15, 0.2) is 291 Å². The van der Waals surface area contributed by atoms with Crippen LogP contribution in [0.4, 0.5) is 91.0 Å². The van der Waals surface area contributed by atoms with E-state index < -0.39 is 167 Å². The number of carbonyl (C=O) groups is 11. The standard InChI is InChI=1S/C23H20N2O5S.C22H16N2O7S.C20H13ClN2O5S.C20H15N3O5S.C20H14N2O5S/c1-11-8-12(2)21(13(3)9-11)25-16-10-17(31(28,29)30)20(24)19-18(16)22(26)14-6-4-5-7-15(14)23(19)27;23-20-16(32(29,30)31)10-15(24-12-7-5-11(6-8-12)9-17(25)26)18-19(20)22(28)14-4-2-1-3-13(14)21(18)27;2*21-10-5-7-11(8-6-10)23-14-9-15(29(26,27)28)18(22)17-16(14)19(24)12-3-1-2-4-13(12)20(17)25;21-18-15(28(25,26)27)10-14(22-11-6-2-1-3-7-11)16-17(18)20(24)13-9-5-4-8-12(13)19(16)23/h4-10,25H,24H2,1-3H3,(H,28,29,30);1-8,10,24H,9,23H2,(H,25,26)(H,29,30,31);1-9,23H,22H2,(H,26,27,28);1-9,23H,21-22H2,(H,26,27,28);1-10,22H,21H2,(H,25,26,27). The SMILES string of the molecule is Cc1cc(C)c(Nc2cc(S(=O)(=O)O)c(N)c3c2C(=O)c2ccccc2C3=O)c(C)c1.Nc1c(S(=O)(=O)O)cc(Nc2ccc(CC(=O)O)cc2)c2c1C(=O)c1ccccc1C2=O.Nc1c(S(=O)(=O)O)cc(Nc2ccc(Cl)cc2)c2c1C(=O)c1ccccc1C2=O.Nc1c(S(=O)(=O)O)cc(Nc2ccccc2)c2c1C(=O)c1ccccc1C2=O.Nc1ccc(Nc2cc(S(=O)(=O)O)c(N)c3c2C(=O)c2ccccc2C3=O)cc1. The molecule has 0 unspecified atom stereocenters. The maximum Gasteiger partial charge on any atom is 0.307 e. The minimum Gasteiger partial charge on any atom is -0.481 e. The normalized spacial score (nSPS) is 13.0. The summed E-state index contributed by atoms with van der Waals surface area (Å²) >= 11 is 5.88. The van der Waals surface area contributed by atoms with Crippen LogP contribution in [-0.2, 0) is 61.8 Å². The molecule has 752 valence electrons. The predicted molar refractivity (Wildman–Crippen MR) is 553 cm³/mol. The molecular formula is C105H78ClN11O27S5. The number of rotatable bonds is 17. The summed E-state index contributed by atoms with van der Waals surface area (Å²) in [6, 6.07) is 67.8. The van der Waals surface area contributed by atoms with Gasteiger partial charge in [0.25, 0.3) is 50.6 Å². The smallest absolute Gasteiger partial charge is 0.307 e. The van der Waals surface area contributed by atoms with E-state index in [0.29, 0.717) is 44.7 Å². The Morgan fingerprint density at radius 1 is 0.262 bits per heavy atom. The van der Waals surface area contributed by atoms with Crippen LogP contribution in [0.3, 0.4) is 0 Å². The lowest BCUT2D eigenvalue weighted by molar-refractivity contribution is -0.136. The molecule has 44 heteroatoms. The highest BCUT2D eigenvalue weighted by Gasteiger charge is 2.44. The fourth-order valence-electron chi connectivity index (χ4n) is 17.7. The number of ketones is 10. The van der Waals surface area contributed by atoms with E-state index >= 15 is 0 Å². The van der Waals surface area contributed by atoms with Crippen molar-refractivity contribution in [1.82, 2.24) is 0 Å². The highest BCUT2D eigenvalue weighted by atomic mass is 35.5. The van der Waals surface area contributed by atoms with Crippen molar-refractivity contribution in [3.63, 3.8) is 0 Å². The fourth-order valence-corrected chi connectivity index (χ4v) is 21.0. The first-order valence-electron chi connectivity index (χ1n) is 43.8. The van der Waals surface area contributed by atoms with Gasteiger partial charge >= 0.3 is 5.97 Å². The zero-order valence-electron chi connectivity index (χ0n) is 77.3. The van der Waals surface area contributed by atoms with Gasteiger partial charge in [0.1, 0.15) is 24.5 Å². The molecule has 149 heavy (non-hydrogen) atoms. The van der Waals surface area contributed by atoms with Crippen molar-refractivity contribution >= 4 is 217 Å². The number of carboxylic acid groups (broad SMARTS) is 1. The maximum absolute atomic E-state index is 13.3. The third-order valence-electron chi connectivity index (χ3n) is 24.3. The minimum atomic E-state index is -4.81. The topological polar surface area (TPSA) is 696 Å². The number of nitrogens with one attached hydrogen (secondary N) is 5. The zero-order chi connectivity index (χ0) is 108. The second kappa shape index (κ2) is 39.9. The van der Waals surface area contributed by atoms with Gasteiger partial charge in [0.15, 0.2) is 57.8 Å². The van der Waals surface area contributed by atoms with Crippen molar-refractivity contribution < 1.29 is 123 Å². The molecule has 15 aromatic carbocycles. The average Bonchev–Trinajstić information content (AvgIpc) is 0.739. The largest absolute Gasteiger partial charge is 0.481 e. The van der Waals surface area contributed by atoms with Crippen LogP contribution >= 0.6 is 11.6 Å². The first-order valence-corrected chi connectivity index (χ1v) is 51.3. The Bertz CT molecular complexity index is 8860. The molecule has 0 spiro atoms. The number of nitrogens with two attached hydrogens (primary N) is 6. The molecule has 0 saturated heterocycles. The average molecular weight is 2120 g/mol. The lowest BCUT2D eigenvalue weighted by Crippen LogP contribution is -2.25. The molecule has 0 saturated carbocycles. The number of carboxylic acids is 1. The van der Waals surface area contributed by atoms with E-state index in [1.165, 1.54) is 72.8 Å². The predicted octanol–water partition coefficient (Wildman–Crippen LogP) is 16.0. The van der Waals surface area contributed by atoms with Crippen LogP contribution in [0.2, 0.25) is 5.02 Å². The summed E-state index contributed by atoms with van der Waals surface area (Å²) in [5.41, 5.74) is 39.5. The lowest BCUT2D eigenvalue weighted by atomic mass is 9.82. The minimum absolute atomic E-state index is 0.0204. The summed E-state index contributed by atoms with van der Waals surface area (Å²) in [5, 5.41) is 24.2. The molecular weight excluding hydrogens is 2040 g/mol. The van der Waals surface area contributed by atoms with Gasteiger partial charge in [-0.15, -0.1) is 0 Å². The Balaban J connectivity index is 0.000000133. The highest BCUT2D eigenvalue weighted by molar-refractivity contribution is 7.87. The summed E-state index contributed by atoms with van der Waals surface area (Å²) in [6.45, 7) is 5.69. The van der Waals surface area contributed by atoms with Crippen molar-refractivity contribution in [2.75, 3.05) is 61.0 Å². The number of hydrogen-bond acceptors (Lipinski definition) is 32. The summed E-state index contributed by atoms with van der Waals surface area (Å²) in [5.74, 6) is -6.41. The third-order valence-corrected chi connectivity index (χ3v) is 29.0. The molecule has 5 aliphatic rings. The first-order chi connectivity index (χ1) is 70.2. The van der Waals surface area contributed by atoms with Crippen molar-refractivity contribution in [2.24, 2.45) is 0 Å². The lowest BCUT2D eigenvalue weighted by Gasteiger charge is -2.24. The van der Waals surface area contributed by atoms with Crippen LogP contribution in [0.25, 0.3) is 0 Å². The van der Waals surface area contributed by atoms with Gasteiger partial charge in [0.2, 0.25) is 0 Å². The number of hydrogen-bond donors (Lipinski definition) is 17. The Morgan fingerprint density at radius 3 is 0.678 bits per heavy atom. The number of aliphatic carboxylic acids is 1. The summed E-state index contributed by atoms with van der Waals surface area (Å²) in [6.07, 6.45) is -0.186. The molecule has 0 heterocycles. The van der Waals surface area contributed by atoms with Gasteiger partial charge < -0.3 is 66.1 Å². The molecule has 0 atom stereocenters. The number of benzene rings is 15. The highest BCUT2D eigenvalue weighted by Crippen LogP contribution is 2.48. The van der Waals surface area contributed by atoms with Crippen LogP contribution in [0, 0.1) is 20.8 Å². The van der Waals surface area contributed by atoms with Crippen LogP contribution in [0.5, 0.6) is 0 Å². The molecule has 5 aliphatic carbocycles. The van der Waals surface area contributed by atoms with Crippen molar-refractivity contribution in [3.8, 4) is 0 Å². The second-order valence-electron chi connectivity index (χ2n) is 34.0. The van der Waals surface area contributed by atoms with E-state index in [1.54, 1.807) is 152 Å². The van der Waals surface area contributed by atoms with Gasteiger partial charge in [0.05, 0.1) is 119 Å².